The first-order valence-corrected chi connectivity index (χ1v) is 10.1. The Morgan fingerprint density at radius 1 is 0.897 bits per heavy atom. The van der Waals surface area contributed by atoms with Crippen molar-refractivity contribution in [2.24, 2.45) is 0 Å². The second-order valence-corrected chi connectivity index (χ2v) is 7.84. The minimum atomic E-state index is 0.136. The van der Waals surface area contributed by atoms with Crippen LogP contribution in [0.4, 0.5) is 5.69 Å². The molecule has 2 heterocycles. The Hall–Kier alpha value is -2.98. The maximum absolute atomic E-state index is 5.64. The second kappa shape index (κ2) is 7.12. The summed E-state index contributed by atoms with van der Waals surface area (Å²) in [6, 6.07) is 22.0. The van der Waals surface area contributed by atoms with Gasteiger partial charge in [-0.1, -0.05) is 48.0 Å². The van der Waals surface area contributed by atoms with E-state index in [-0.39, 0.29) is 12.2 Å². The van der Waals surface area contributed by atoms with Gasteiger partial charge in [0.25, 0.3) is 0 Å². The Morgan fingerprint density at radius 3 is 2.38 bits per heavy atom. The van der Waals surface area contributed by atoms with E-state index in [9.17, 15) is 0 Å². The Bertz CT molecular complexity index is 1050. The van der Waals surface area contributed by atoms with E-state index in [1.165, 1.54) is 33.5 Å². The molecule has 0 aromatic heterocycles. The molecule has 0 aliphatic carbocycles. The fourth-order valence-electron chi connectivity index (χ4n) is 4.71. The van der Waals surface area contributed by atoms with E-state index in [0.29, 0.717) is 0 Å². The zero-order valence-electron chi connectivity index (χ0n) is 17.1. The molecular formula is C25H26N2O2. The molecule has 0 unspecified atom stereocenters. The van der Waals surface area contributed by atoms with E-state index in [0.717, 1.165) is 24.5 Å². The summed E-state index contributed by atoms with van der Waals surface area (Å²) in [5.74, 6) is 1.59. The van der Waals surface area contributed by atoms with Crippen molar-refractivity contribution in [3.05, 3.63) is 88.5 Å². The molecule has 5 rings (SSSR count). The second-order valence-electron chi connectivity index (χ2n) is 7.84. The van der Waals surface area contributed by atoms with E-state index in [4.69, 9.17) is 9.47 Å². The van der Waals surface area contributed by atoms with Crippen molar-refractivity contribution in [3.63, 3.8) is 0 Å². The standard InChI is InChI=1S/C25H26N2O2/c1-16-8-10-17(11-9-16)25-26-21-7-5-4-6-19(21)24-20-15-23(29-3)22(28-2)14-18(20)12-13-27(24)25/h4-11,14-15,24-26H,12-13H2,1-3H3/t24-,25+/m1/s1. The number of hydrogen-bond acceptors (Lipinski definition) is 4. The normalized spacial score (nSPS) is 20.1. The highest BCUT2D eigenvalue weighted by Crippen LogP contribution is 2.48. The maximum Gasteiger partial charge on any atom is 0.161 e. The number of ether oxygens (including phenoxy) is 2. The zero-order valence-corrected chi connectivity index (χ0v) is 17.1. The van der Waals surface area contributed by atoms with Gasteiger partial charge in [0.15, 0.2) is 11.5 Å². The highest BCUT2D eigenvalue weighted by atomic mass is 16.5. The molecule has 29 heavy (non-hydrogen) atoms. The largest absolute Gasteiger partial charge is 0.493 e. The molecule has 2 aliphatic rings. The van der Waals surface area contributed by atoms with E-state index in [1.54, 1.807) is 14.2 Å². The Kier molecular flexibility index (Phi) is 4.44. The third-order valence-electron chi connectivity index (χ3n) is 6.18. The van der Waals surface area contributed by atoms with Gasteiger partial charge in [0, 0.05) is 12.2 Å². The number of benzene rings is 3. The van der Waals surface area contributed by atoms with Crippen LogP contribution in [0.1, 0.15) is 40.0 Å². The predicted octanol–water partition coefficient (Wildman–Crippen LogP) is 5.08. The molecule has 148 valence electrons. The number of anilines is 1. The van der Waals surface area contributed by atoms with Gasteiger partial charge in [-0.15, -0.1) is 0 Å². The summed E-state index contributed by atoms with van der Waals surface area (Å²) in [7, 11) is 3.41. The molecule has 0 bridgehead atoms. The molecule has 2 atom stereocenters. The number of rotatable bonds is 3. The smallest absolute Gasteiger partial charge is 0.161 e. The quantitative estimate of drug-likeness (QED) is 0.680. The van der Waals surface area contributed by atoms with E-state index in [2.05, 4.69) is 77.8 Å². The minimum Gasteiger partial charge on any atom is -0.493 e. The Morgan fingerprint density at radius 2 is 1.62 bits per heavy atom. The van der Waals surface area contributed by atoms with Crippen LogP contribution < -0.4 is 14.8 Å². The summed E-state index contributed by atoms with van der Waals surface area (Å²) in [6.07, 6.45) is 1.12. The summed E-state index contributed by atoms with van der Waals surface area (Å²) in [5, 5.41) is 3.78. The average Bonchev–Trinajstić information content (AvgIpc) is 2.77. The van der Waals surface area contributed by atoms with E-state index < -0.39 is 0 Å². The lowest BCUT2D eigenvalue weighted by Gasteiger charge is -2.47. The molecule has 0 saturated carbocycles. The maximum atomic E-state index is 5.64. The van der Waals surface area contributed by atoms with Gasteiger partial charge in [-0.2, -0.15) is 0 Å². The summed E-state index contributed by atoms with van der Waals surface area (Å²) in [6.45, 7) is 3.11. The van der Waals surface area contributed by atoms with Crippen molar-refractivity contribution >= 4 is 5.69 Å². The molecule has 0 saturated heterocycles. The first-order chi connectivity index (χ1) is 14.2. The van der Waals surface area contributed by atoms with Gasteiger partial charge in [-0.05, 0) is 53.8 Å². The van der Waals surface area contributed by atoms with Crippen LogP contribution in [0.3, 0.4) is 0 Å². The number of nitrogens with zero attached hydrogens (tertiary/aromatic N) is 1. The topological polar surface area (TPSA) is 33.7 Å². The predicted molar refractivity (Wildman–Crippen MR) is 116 cm³/mol. The molecular weight excluding hydrogens is 360 g/mol. The fraction of sp³-hybridized carbons (Fsp3) is 0.280. The monoisotopic (exact) mass is 386 g/mol. The van der Waals surface area contributed by atoms with Crippen LogP contribution in [-0.2, 0) is 6.42 Å². The lowest BCUT2D eigenvalue weighted by atomic mass is 9.84. The molecule has 2 aliphatic heterocycles. The van der Waals surface area contributed by atoms with Crippen molar-refractivity contribution in [1.82, 2.24) is 4.90 Å². The van der Waals surface area contributed by atoms with Gasteiger partial charge in [-0.3, -0.25) is 4.90 Å². The Labute approximate surface area is 172 Å². The number of methoxy groups -OCH3 is 2. The SMILES string of the molecule is COc1cc2c(cc1OC)[C@H]1c3ccccc3N[C@H](c3ccc(C)cc3)N1CC2. The highest BCUT2D eigenvalue weighted by molar-refractivity contribution is 5.61. The van der Waals surface area contributed by atoms with Gasteiger partial charge in [0.05, 0.1) is 20.3 Å². The number of hydrogen-bond donors (Lipinski definition) is 1. The third-order valence-corrected chi connectivity index (χ3v) is 6.18. The first kappa shape index (κ1) is 18.1. The summed E-state index contributed by atoms with van der Waals surface area (Å²) < 4.78 is 11.2. The van der Waals surface area contributed by atoms with E-state index in [1.807, 2.05) is 0 Å². The first-order valence-electron chi connectivity index (χ1n) is 10.1. The Balaban J connectivity index is 1.67. The molecule has 0 amide bonds. The van der Waals surface area contributed by atoms with Crippen molar-refractivity contribution in [2.45, 2.75) is 25.6 Å². The van der Waals surface area contributed by atoms with Gasteiger partial charge < -0.3 is 14.8 Å². The van der Waals surface area contributed by atoms with Crippen LogP contribution >= 0.6 is 0 Å². The summed E-state index contributed by atoms with van der Waals surface area (Å²) in [5.41, 5.74) is 7.72. The lowest BCUT2D eigenvalue weighted by molar-refractivity contribution is 0.153. The van der Waals surface area contributed by atoms with Crippen LogP contribution in [0, 0.1) is 6.92 Å². The molecule has 3 aromatic carbocycles. The minimum absolute atomic E-state index is 0.136. The molecule has 3 aromatic rings. The molecule has 0 radical (unpaired) electrons. The molecule has 0 spiro atoms. The van der Waals surface area contributed by atoms with Crippen molar-refractivity contribution < 1.29 is 9.47 Å². The van der Waals surface area contributed by atoms with Crippen LogP contribution in [0.2, 0.25) is 0 Å². The number of aryl methyl sites for hydroxylation is 1. The third kappa shape index (κ3) is 2.95. The van der Waals surface area contributed by atoms with Crippen molar-refractivity contribution in [3.8, 4) is 11.5 Å². The van der Waals surface area contributed by atoms with Crippen LogP contribution in [0.15, 0.2) is 60.7 Å². The molecule has 4 nitrogen and oxygen atoms in total. The van der Waals surface area contributed by atoms with Gasteiger partial charge in [-0.25, -0.2) is 0 Å². The zero-order chi connectivity index (χ0) is 20.0. The lowest BCUT2D eigenvalue weighted by Crippen LogP contribution is -2.45. The van der Waals surface area contributed by atoms with Crippen molar-refractivity contribution in [1.29, 1.82) is 0 Å². The van der Waals surface area contributed by atoms with Crippen LogP contribution in [-0.4, -0.2) is 25.7 Å². The van der Waals surface area contributed by atoms with Gasteiger partial charge in [0.1, 0.15) is 6.17 Å². The summed E-state index contributed by atoms with van der Waals surface area (Å²) in [4.78, 5) is 2.57. The van der Waals surface area contributed by atoms with Crippen molar-refractivity contribution in [2.75, 3.05) is 26.1 Å². The number of fused-ring (bicyclic) bond motifs is 5. The molecule has 1 N–H and O–H groups in total. The molecule has 4 heteroatoms. The van der Waals surface area contributed by atoms with Gasteiger partial charge in [0.2, 0.25) is 0 Å². The summed E-state index contributed by atoms with van der Waals surface area (Å²) >= 11 is 0. The number of nitrogens with one attached hydrogen (secondary N) is 1. The fourth-order valence-corrected chi connectivity index (χ4v) is 4.71. The van der Waals surface area contributed by atoms with E-state index >= 15 is 0 Å². The van der Waals surface area contributed by atoms with Gasteiger partial charge >= 0.3 is 0 Å². The molecule has 0 fully saturated rings. The highest BCUT2D eigenvalue weighted by Gasteiger charge is 2.39. The van der Waals surface area contributed by atoms with Crippen LogP contribution in [0.5, 0.6) is 11.5 Å². The van der Waals surface area contributed by atoms with Crippen LogP contribution in [0.25, 0.3) is 0 Å². The number of para-hydroxylation sites is 1. The average molecular weight is 386 g/mol.